The molecule has 1 atom stereocenters. The first-order valence-electron chi connectivity index (χ1n) is 11.7. The molecule has 8 nitrogen and oxygen atoms in total. The van der Waals surface area contributed by atoms with Gasteiger partial charge in [0, 0.05) is 32.6 Å². The third-order valence-corrected chi connectivity index (χ3v) is 6.55. The number of piperidine rings is 1. The van der Waals surface area contributed by atoms with E-state index in [1.165, 1.54) is 11.3 Å². The molecule has 0 saturated carbocycles. The Hall–Kier alpha value is -2.94. The van der Waals surface area contributed by atoms with Crippen molar-refractivity contribution in [3.63, 3.8) is 0 Å². The first-order valence-corrected chi connectivity index (χ1v) is 12.5. The van der Waals surface area contributed by atoms with Crippen LogP contribution in [0.2, 0.25) is 0 Å². The van der Waals surface area contributed by atoms with Gasteiger partial charge in [-0.25, -0.2) is 9.78 Å². The minimum Gasteiger partial charge on any atom is -0.444 e. The number of aryl methyl sites for hydroxylation is 1. The van der Waals surface area contributed by atoms with Gasteiger partial charge in [0.1, 0.15) is 10.5 Å². The Morgan fingerprint density at radius 3 is 2.56 bits per heavy atom. The number of carbonyl (C=O) groups is 3. The molecule has 1 saturated heterocycles. The molecule has 1 fully saturated rings. The molecule has 184 valence electrons. The molecule has 1 aromatic carbocycles. The molecule has 1 aliphatic rings. The number of carbonyl (C=O) groups excluding carboxylic acids is 3. The van der Waals surface area contributed by atoms with Crippen LogP contribution < -0.4 is 10.6 Å². The second-order valence-electron chi connectivity index (χ2n) is 9.49. The summed E-state index contributed by atoms with van der Waals surface area (Å²) in [6.07, 6.45) is 1.69. The average molecular weight is 487 g/mol. The molecule has 0 bridgehead atoms. The van der Waals surface area contributed by atoms with Crippen molar-refractivity contribution in [1.82, 2.24) is 20.5 Å². The number of alkyl carbamates (subject to hydrolysis) is 1. The van der Waals surface area contributed by atoms with Gasteiger partial charge in [0.25, 0.3) is 5.91 Å². The van der Waals surface area contributed by atoms with Crippen molar-refractivity contribution in [2.45, 2.75) is 52.6 Å². The summed E-state index contributed by atoms with van der Waals surface area (Å²) >= 11 is 1.43. The first-order chi connectivity index (χ1) is 16.1. The lowest BCUT2D eigenvalue weighted by molar-refractivity contribution is -0.126. The number of rotatable bonds is 7. The van der Waals surface area contributed by atoms with E-state index in [2.05, 4.69) is 27.8 Å². The summed E-state index contributed by atoms with van der Waals surface area (Å²) in [4.78, 5) is 44.6. The predicted octanol–water partition coefficient (Wildman–Crippen LogP) is 3.54. The van der Waals surface area contributed by atoms with Crippen LogP contribution in [0.15, 0.2) is 30.3 Å². The van der Waals surface area contributed by atoms with E-state index >= 15 is 0 Å². The molecule has 0 aliphatic carbocycles. The SMILES string of the molecule is Cc1nc(Cc2ccccc2)sc1C(=O)N1CCCC(C(=O)NCCNC(=O)OC(C)(C)C)C1. The summed E-state index contributed by atoms with van der Waals surface area (Å²) < 4.78 is 5.18. The Bertz CT molecular complexity index is 1000. The average Bonchev–Trinajstić information content (AvgIpc) is 3.15. The topological polar surface area (TPSA) is 101 Å². The van der Waals surface area contributed by atoms with Gasteiger partial charge in [-0.15, -0.1) is 11.3 Å². The largest absolute Gasteiger partial charge is 0.444 e. The van der Waals surface area contributed by atoms with Crippen molar-refractivity contribution in [3.05, 3.63) is 51.5 Å². The van der Waals surface area contributed by atoms with Crippen molar-refractivity contribution in [1.29, 1.82) is 0 Å². The van der Waals surface area contributed by atoms with Gasteiger partial charge in [-0.3, -0.25) is 9.59 Å². The lowest BCUT2D eigenvalue weighted by Gasteiger charge is -2.31. The first kappa shape index (κ1) is 25.7. The van der Waals surface area contributed by atoms with Crippen LogP contribution in [0.1, 0.15) is 59.5 Å². The third kappa shape index (κ3) is 7.55. The van der Waals surface area contributed by atoms with E-state index in [-0.39, 0.29) is 24.3 Å². The number of benzene rings is 1. The van der Waals surface area contributed by atoms with Crippen molar-refractivity contribution in [3.8, 4) is 0 Å². The van der Waals surface area contributed by atoms with Gasteiger partial charge in [0.2, 0.25) is 5.91 Å². The van der Waals surface area contributed by atoms with Crippen LogP contribution in [0.25, 0.3) is 0 Å². The number of hydrogen-bond acceptors (Lipinski definition) is 6. The summed E-state index contributed by atoms with van der Waals surface area (Å²) in [6.45, 7) is 8.85. The van der Waals surface area contributed by atoms with Crippen molar-refractivity contribution in [2.24, 2.45) is 5.92 Å². The number of thiazole rings is 1. The summed E-state index contributed by atoms with van der Waals surface area (Å²) in [5.74, 6) is -0.427. The third-order valence-electron chi connectivity index (χ3n) is 5.41. The summed E-state index contributed by atoms with van der Waals surface area (Å²) in [6, 6.07) is 10.1. The standard InChI is InChI=1S/C25H34N4O4S/c1-17-21(34-20(28-17)15-18-9-6-5-7-10-18)23(31)29-14-8-11-19(16-29)22(30)26-12-13-27-24(32)33-25(2,3)4/h5-7,9-10,19H,8,11-16H2,1-4H3,(H,26,30)(H,27,32). The lowest BCUT2D eigenvalue weighted by atomic mass is 9.97. The molecule has 3 rings (SSSR count). The lowest BCUT2D eigenvalue weighted by Crippen LogP contribution is -2.46. The molecule has 3 amide bonds. The molecular weight excluding hydrogens is 452 g/mol. The number of nitrogens with one attached hydrogen (secondary N) is 2. The molecule has 2 aromatic rings. The molecule has 2 heterocycles. The fourth-order valence-corrected chi connectivity index (χ4v) is 4.89. The van der Waals surface area contributed by atoms with Crippen LogP contribution in [0.4, 0.5) is 4.79 Å². The number of likely N-dealkylation sites (tertiary alicyclic amines) is 1. The van der Waals surface area contributed by atoms with Crippen LogP contribution in [0.5, 0.6) is 0 Å². The smallest absolute Gasteiger partial charge is 0.407 e. The summed E-state index contributed by atoms with van der Waals surface area (Å²) in [5.41, 5.74) is 1.33. The van der Waals surface area contributed by atoms with E-state index in [0.717, 1.165) is 29.1 Å². The highest BCUT2D eigenvalue weighted by Gasteiger charge is 2.30. The van der Waals surface area contributed by atoms with Gasteiger partial charge >= 0.3 is 6.09 Å². The molecule has 9 heteroatoms. The predicted molar refractivity (Wildman–Crippen MR) is 132 cm³/mol. The molecule has 34 heavy (non-hydrogen) atoms. The van der Waals surface area contributed by atoms with Gasteiger partial charge in [-0.1, -0.05) is 30.3 Å². The van der Waals surface area contributed by atoms with Crippen LogP contribution in [-0.4, -0.2) is 59.6 Å². The van der Waals surface area contributed by atoms with E-state index in [1.54, 1.807) is 25.7 Å². The number of aromatic nitrogens is 1. The van der Waals surface area contributed by atoms with Crippen LogP contribution in [-0.2, 0) is 16.0 Å². The minimum atomic E-state index is -0.565. The van der Waals surface area contributed by atoms with E-state index in [0.29, 0.717) is 30.9 Å². The Kier molecular flexibility index (Phi) is 8.66. The van der Waals surface area contributed by atoms with Crippen LogP contribution >= 0.6 is 11.3 Å². The highest BCUT2D eigenvalue weighted by molar-refractivity contribution is 7.13. The Balaban J connectivity index is 1.50. The van der Waals surface area contributed by atoms with Gasteiger partial charge in [-0.2, -0.15) is 0 Å². The Morgan fingerprint density at radius 2 is 1.85 bits per heavy atom. The maximum Gasteiger partial charge on any atom is 0.407 e. The van der Waals surface area contributed by atoms with Gasteiger partial charge in [0.05, 0.1) is 16.6 Å². The monoisotopic (exact) mass is 486 g/mol. The number of ether oxygens (including phenoxy) is 1. The quantitative estimate of drug-likeness (QED) is 0.583. The van der Waals surface area contributed by atoms with E-state index in [4.69, 9.17) is 4.74 Å². The van der Waals surface area contributed by atoms with Gasteiger partial charge in [0.15, 0.2) is 0 Å². The molecule has 1 aromatic heterocycles. The molecule has 1 unspecified atom stereocenters. The van der Waals surface area contributed by atoms with E-state index < -0.39 is 11.7 Å². The van der Waals surface area contributed by atoms with E-state index in [1.807, 2.05) is 25.1 Å². The van der Waals surface area contributed by atoms with Gasteiger partial charge < -0.3 is 20.3 Å². The normalized spacial score (nSPS) is 16.1. The van der Waals surface area contributed by atoms with E-state index in [9.17, 15) is 14.4 Å². The van der Waals surface area contributed by atoms with Crippen molar-refractivity contribution >= 4 is 29.2 Å². The molecule has 0 radical (unpaired) electrons. The summed E-state index contributed by atoms with van der Waals surface area (Å²) in [5, 5.41) is 6.39. The zero-order chi connectivity index (χ0) is 24.7. The van der Waals surface area contributed by atoms with Crippen molar-refractivity contribution in [2.75, 3.05) is 26.2 Å². The number of amides is 3. The van der Waals surface area contributed by atoms with Crippen LogP contribution in [0, 0.1) is 12.8 Å². The van der Waals surface area contributed by atoms with Crippen molar-refractivity contribution < 1.29 is 19.1 Å². The highest BCUT2D eigenvalue weighted by Crippen LogP contribution is 2.25. The fraction of sp³-hybridized carbons (Fsp3) is 0.520. The second kappa shape index (κ2) is 11.5. The molecule has 0 spiro atoms. The van der Waals surface area contributed by atoms with Gasteiger partial charge in [-0.05, 0) is 46.1 Å². The highest BCUT2D eigenvalue weighted by atomic mass is 32.1. The number of hydrogen-bond donors (Lipinski definition) is 2. The maximum absolute atomic E-state index is 13.2. The number of nitrogens with zero attached hydrogens (tertiary/aromatic N) is 2. The maximum atomic E-state index is 13.2. The molecule has 1 aliphatic heterocycles. The zero-order valence-electron chi connectivity index (χ0n) is 20.3. The van der Waals surface area contributed by atoms with Crippen LogP contribution in [0.3, 0.4) is 0 Å². The fourth-order valence-electron chi connectivity index (χ4n) is 3.82. The second-order valence-corrected chi connectivity index (χ2v) is 10.6. The zero-order valence-corrected chi connectivity index (χ0v) is 21.2. The molecule has 2 N–H and O–H groups in total. The molecular formula is C25H34N4O4S. The Morgan fingerprint density at radius 1 is 1.15 bits per heavy atom. The minimum absolute atomic E-state index is 0.0570. The summed E-state index contributed by atoms with van der Waals surface area (Å²) in [7, 11) is 0. The Labute approximate surface area is 205 Å².